The highest BCUT2D eigenvalue weighted by molar-refractivity contribution is 6.14. The lowest BCUT2D eigenvalue weighted by molar-refractivity contribution is 0.102. The number of hydrogen-bond donors (Lipinski definition) is 2. The first-order chi connectivity index (χ1) is 15.8. The molecule has 0 spiro atoms. The van der Waals surface area contributed by atoms with E-state index >= 15 is 0 Å². The standard InChI is InChI=1S/C25H28F2N4O2/c1-4-5-13-33-20-14-21(29-17-11-9-16(10-12-17)15-31(2)3)30-25(28)23(20)24(32)22-18(26)7-6-8-19(22)27/h6-12,14H,4-5,13,15H2,1-3H3,(H3,28,29,30). The van der Waals surface area contributed by atoms with Crippen LogP contribution in [0.25, 0.3) is 0 Å². The van der Waals surface area contributed by atoms with Crippen LogP contribution in [0.2, 0.25) is 0 Å². The molecule has 0 unspecified atom stereocenters. The minimum Gasteiger partial charge on any atom is -0.493 e. The molecule has 0 saturated heterocycles. The molecule has 2 aromatic carbocycles. The van der Waals surface area contributed by atoms with Crippen LogP contribution in [0.1, 0.15) is 41.3 Å². The van der Waals surface area contributed by atoms with Crippen LogP contribution in [0.3, 0.4) is 0 Å². The van der Waals surface area contributed by atoms with Gasteiger partial charge < -0.3 is 20.7 Å². The second-order valence-corrected chi connectivity index (χ2v) is 7.95. The van der Waals surface area contributed by atoms with Gasteiger partial charge >= 0.3 is 0 Å². The summed E-state index contributed by atoms with van der Waals surface area (Å²) in [5, 5.41) is 3.14. The van der Waals surface area contributed by atoms with Crippen LogP contribution < -0.4 is 15.8 Å². The third-order valence-corrected chi connectivity index (χ3v) is 4.91. The maximum absolute atomic E-state index is 14.3. The Balaban J connectivity index is 1.95. The van der Waals surface area contributed by atoms with Gasteiger partial charge in [0, 0.05) is 18.3 Å². The summed E-state index contributed by atoms with van der Waals surface area (Å²) >= 11 is 0. The third-order valence-electron chi connectivity index (χ3n) is 4.91. The number of ether oxygens (including phenoxy) is 1. The SMILES string of the molecule is CCCCOc1cc(Nc2ccc(CN(C)C)cc2)nc(N)c1C(=O)c1c(F)cccc1F. The van der Waals surface area contributed by atoms with Crippen molar-refractivity contribution < 1.29 is 18.3 Å². The maximum atomic E-state index is 14.3. The number of hydrogen-bond acceptors (Lipinski definition) is 6. The normalized spacial score (nSPS) is 11.0. The number of ketones is 1. The topological polar surface area (TPSA) is 80.5 Å². The number of rotatable bonds is 10. The highest BCUT2D eigenvalue weighted by Gasteiger charge is 2.26. The number of pyridine rings is 1. The highest BCUT2D eigenvalue weighted by atomic mass is 19.1. The van der Waals surface area contributed by atoms with Crippen LogP contribution >= 0.6 is 0 Å². The van der Waals surface area contributed by atoms with Gasteiger partial charge in [0.15, 0.2) is 0 Å². The number of unbranched alkanes of at least 4 members (excludes halogenated alkanes) is 1. The summed E-state index contributed by atoms with van der Waals surface area (Å²) in [7, 11) is 3.99. The molecule has 1 aromatic heterocycles. The smallest absolute Gasteiger partial charge is 0.206 e. The van der Waals surface area contributed by atoms with Crippen molar-refractivity contribution in [1.29, 1.82) is 0 Å². The minimum absolute atomic E-state index is 0.121. The van der Waals surface area contributed by atoms with Gasteiger partial charge in [0.25, 0.3) is 0 Å². The average molecular weight is 455 g/mol. The number of benzene rings is 2. The molecule has 0 fully saturated rings. The van der Waals surface area contributed by atoms with E-state index in [9.17, 15) is 13.6 Å². The van der Waals surface area contributed by atoms with E-state index in [2.05, 4.69) is 15.2 Å². The molecule has 6 nitrogen and oxygen atoms in total. The van der Waals surface area contributed by atoms with E-state index in [1.54, 1.807) is 0 Å². The van der Waals surface area contributed by atoms with Gasteiger partial charge in [0.05, 0.1) is 12.2 Å². The van der Waals surface area contributed by atoms with Crippen molar-refractivity contribution in [2.24, 2.45) is 0 Å². The summed E-state index contributed by atoms with van der Waals surface area (Å²) in [6, 6.07) is 12.5. The van der Waals surface area contributed by atoms with Crippen LogP contribution in [0, 0.1) is 11.6 Å². The molecule has 0 aliphatic rings. The zero-order valence-corrected chi connectivity index (χ0v) is 19.0. The lowest BCUT2D eigenvalue weighted by Gasteiger charge is -2.16. The molecular weight excluding hydrogens is 426 g/mol. The van der Waals surface area contributed by atoms with E-state index in [-0.39, 0.29) is 17.1 Å². The number of nitrogens with zero attached hydrogens (tertiary/aromatic N) is 2. The summed E-state index contributed by atoms with van der Waals surface area (Å²) in [5.74, 6) is -2.57. The minimum atomic E-state index is -0.973. The zero-order chi connectivity index (χ0) is 24.0. The van der Waals surface area contributed by atoms with Crippen LogP contribution in [0.4, 0.5) is 26.1 Å². The number of aromatic nitrogens is 1. The molecule has 33 heavy (non-hydrogen) atoms. The average Bonchev–Trinajstić information content (AvgIpc) is 2.74. The summed E-state index contributed by atoms with van der Waals surface area (Å²) in [5.41, 5.74) is 7.15. The van der Waals surface area contributed by atoms with Crippen LogP contribution in [0.15, 0.2) is 48.5 Å². The summed E-state index contributed by atoms with van der Waals surface area (Å²) in [4.78, 5) is 19.4. The molecule has 0 amide bonds. The van der Waals surface area contributed by atoms with Crippen LogP contribution in [0.5, 0.6) is 5.75 Å². The Morgan fingerprint density at radius 1 is 1.09 bits per heavy atom. The predicted octanol–water partition coefficient (Wildman–Crippen LogP) is 5.16. The second-order valence-electron chi connectivity index (χ2n) is 7.95. The van der Waals surface area contributed by atoms with Crippen molar-refractivity contribution in [1.82, 2.24) is 9.88 Å². The molecule has 0 bridgehead atoms. The van der Waals surface area contributed by atoms with Gasteiger partial charge in [-0.05, 0) is 50.3 Å². The van der Waals surface area contributed by atoms with Gasteiger partial charge in [0.2, 0.25) is 5.78 Å². The first-order valence-corrected chi connectivity index (χ1v) is 10.7. The fraction of sp³-hybridized carbons (Fsp3) is 0.280. The monoisotopic (exact) mass is 454 g/mol. The summed E-state index contributed by atoms with van der Waals surface area (Å²) < 4.78 is 34.3. The molecule has 3 aromatic rings. The van der Waals surface area contributed by atoms with Crippen molar-refractivity contribution in [3.63, 3.8) is 0 Å². The first-order valence-electron chi connectivity index (χ1n) is 10.7. The van der Waals surface area contributed by atoms with Gasteiger partial charge in [-0.25, -0.2) is 13.8 Å². The first kappa shape index (κ1) is 24.1. The zero-order valence-electron chi connectivity index (χ0n) is 19.0. The van der Waals surface area contributed by atoms with Gasteiger partial charge in [-0.15, -0.1) is 0 Å². The van der Waals surface area contributed by atoms with E-state index in [4.69, 9.17) is 10.5 Å². The van der Waals surface area contributed by atoms with Crippen LogP contribution in [-0.4, -0.2) is 36.4 Å². The predicted molar refractivity (Wildman–Crippen MR) is 126 cm³/mol. The van der Waals surface area contributed by atoms with Crippen molar-refractivity contribution in [3.8, 4) is 5.75 Å². The largest absolute Gasteiger partial charge is 0.493 e. The van der Waals surface area contributed by atoms with Gasteiger partial charge in [-0.3, -0.25) is 4.79 Å². The van der Waals surface area contributed by atoms with E-state index in [1.807, 2.05) is 45.3 Å². The summed E-state index contributed by atoms with van der Waals surface area (Å²) in [6.07, 6.45) is 1.61. The molecule has 3 rings (SSSR count). The van der Waals surface area contributed by atoms with E-state index in [0.717, 1.165) is 42.8 Å². The molecule has 0 aliphatic heterocycles. The molecule has 0 aliphatic carbocycles. The number of halogens is 2. The molecule has 0 saturated carbocycles. The number of anilines is 3. The molecular formula is C25H28F2N4O2. The quantitative estimate of drug-likeness (QED) is 0.326. The molecule has 3 N–H and O–H groups in total. The Bertz CT molecular complexity index is 1100. The fourth-order valence-corrected chi connectivity index (χ4v) is 3.32. The highest BCUT2D eigenvalue weighted by Crippen LogP contribution is 2.32. The van der Waals surface area contributed by atoms with E-state index in [0.29, 0.717) is 12.4 Å². The Morgan fingerprint density at radius 2 is 1.76 bits per heavy atom. The van der Waals surface area contributed by atoms with E-state index < -0.39 is 23.0 Å². The molecule has 1 heterocycles. The van der Waals surface area contributed by atoms with Gasteiger partial charge in [0.1, 0.15) is 34.6 Å². The Morgan fingerprint density at radius 3 is 2.36 bits per heavy atom. The number of carbonyl (C=O) groups excluding carboxylic acids is 1. The van der Waals surface area contributed by atoms with Crippen molar-refractivity contribution in [3.05, 3.63) is 76.9 Å². The van der Waals surface area contributed by atoms with Crippen molar-refractivity contribution in [2.75, 3.05) is 31.8 Å². The number of carbonyl (C=O) groups is 1. The van der Waals surface area contributed by atoms with Gasteiger partial charge in [-0.2, -0.15) is 0 Å². The van der Waals surface area contributed by atoms with Crippen LogP contribution in [-0.2, 0) is 6.54 Å². The van der Waals surface area contributed by atoms with Gasteiger partial charge in [-0.1, -0.05) is 31.5 Å². The molecule has 0 radical (unpaired) electrons. The van der Waals surface area contributed by atoms with Crippen molar-refractivity contribution in [2.45, 2.75) is 26.3 Å². The second kappa shape index (κ2) is 10.9. The number of nitrogens with one attached hydrogen (secondary N) is 1. The van der Waals surface area contributed by atoms with Crippen molar-refractivity contribution >= 4 is 23.1 Å². The Hall–Kier alpha value is -3.52. The molecule has 174 valence electrons. The molecule has 8 heteroatoms. The Kier molecular flexibility index (Phi) is 7.95. The lowest BCUT2D eigenvalue weighted by atomic mass is 10.0. The fourth-order valence-electron chi connectivity index (χ4n) is 3.32. The number of nitrogens with two attached hydrogens (primary N) is 1. The third kappa shape index (κ3) is 6.04. The maximum Gasteiger partial charge on any atom is 0.206 e. The molecule has 0 atom stereocenters. The lowest BCUT2D eigenvalue weighted by Crippen LogP contribution is -2.14. The van der Waals surface area contributed by atoms with E-state index in [1.165, 1.54) is 12.1 Å². The number of nitrogen functional groups attached to an aromatic ring is 1. The Labute approximate surface area is 192 Å². The summed E-state index contributed by atoms with van der Waals surface area (Å²) in [6.45, 7) is 3.13.